The normalized spacial score (nSPS) is 12.0. The number of hydrogen-bond donors (Lipinski definition) is 1. The fourth-order valence-electron chi connectivity index (χ4n) is 1.84. The fourth-order valence-corrected chi connectivity index (χ4v) is 2.61. The zero-order valence-corrected chi connectivity index (χ0v) is 13.7. The molecule has 2 rings (SSSR count). The highest BCUT2D eigenvalue weighted by Gasteiger charge is 2.13. The number of nitrogens with one attached hydrogen (secondary N) is 1. The van der Waals surface area contributed by atoms with Gasteiger partial charge in [-0.1, -0.05) is 29.4 Å². The molecule has 0 amide bonds. The smallest absolute Gasteiger partial charge is 0.240 e. The van der Waals surface area contributed by atoms with Gasteiger partial charge in [0, 0.05) is 26.2 Å². The van der Waals surface area contributed by atoms with Crippen LogP contribution in [0.1, 0.15) is 11.5 Å². The van der Waals surface area contributed by atoms with Crippen molar-refractivity contribution in [3.8, 4) is 11.4 Å². The lowest BCUT2D eigenvalue weighted by Crippen LogP contribution is -2.31. The van der Waals surface area contributed by atoms with Crippen molar-refractivity contribution in [2.24, 2.45) is 0 Å². The van der Waals surface area contributed by atoms with Crippen LogP contribution in [0.25, 0.3) is 11.4 Å². The van der Waals surface area contributed by atoms with Gasteiger partial charge in [-0.15, -0.1) is 0 Å². The molecule has 0 aliphatic rings. The van der Waals surface area contributed by atoms with Crippen molar-refractivity contribution in [2.45, 2.75) is 13.5 Å². The van der Waals surface area contributed by atoms with Crippen LogP contribution < -0.4 is 5.32 Å². The minimum Gasteiger partial charge on any atom is -0.338 e. The van der Waals surface area contributed by atoms with Crippen LogP contribution in [-0.2, 0) is 16.6 Å². The van der Waals surface area contributed by atoms with Crippen molar-refractivity contribution >= 4 is 10.0 Å². The Morgan fingerprint density at radius 2 is 2.00 bits per heavy atom. The van der Waals surface area contributed by atoms with Crippen molar-refractivity contribution in [1.82, 2.24) is 19.8 Å². The third kappa shape index (κ3) is 4.12. The lowest BCUT2D eigenvalue weighted by atomic mass is 10.1. The average molecular weight is 324 g/mol. The number of benzene rings is 1. The van der Waals surface area contributed by atoms with Crippen molar-refractivity contribution in [3.05, 3.63) is 35.7 Å². The number of aryl methyl sites for hydroxylation is 1. The molecule has 0 fully saturated rings. The summed E-state index contributed by atoms with van der Waals surface area (Å²) in [4.78, 5) is 4.31. The minimum absolute atomic E-state index is 0.0266. The first-order chi connectivity index (χ1) is 10.4. The summed E-state index contributed by atoms with van der Waals surface area (Å²) in [6.07, 6.45) is 0. The summed E-state index contributed by atoms with van der Waals surface area (Å²) >= 11 is 0. The highest BCUT2D eigenvalue weighted by atomic mass is 32.2. The molecule has 22 heavy (non-hydrogen) atoms. The van der Waals surface area contributed by atoms with Gasteiger partial charge in [0.2, 0.25) is 21.7 Å². The van der Waals surface area contributed by atoms with Gasteiger partial charge in [-0.3, -0.25) is 0 Å². The van der Waals surface area contributed by atoms with Gasteiger partial charge in [0.15, 0.2) is 0 Å². The second kappa shape index (κ2) is 6.99. The first kappa shape index (κ1) is 16.6. The molecule has 120 valence electrons. The minimum atomic E-state index is -3.19. The molecule has 0 aliphatic heterocycles. The Bertz CT molecular complexity index is 725. The lowest BCUT2D eigenvalue weighted by molar-refractivity contribution is 0.369. The second-order valence-corrected chi connectivity index (χ2v) is 7.40. The van der Waals surface area contributed by atoms with Crippen LogP contribution in [0, 0.1) is 6.92 Å². The van der Waals surface area contributed by atoms with Gasteiger partial charge >= 0.3 is 0 Å². The summed E-state index contributed by atoms with van der Waals surface area (Å²) in [6.45, 7) is 2.64. The number of nitrogens with zero attached hydrogens (tertiary/aromatic N) is 3. The molecule has 0 saturated heterocycles. The number of hydrogen-bond acceptors (Lipinski definition) is 6. The maximum absolute atomic E-state index is 11.6. The van der Waals surface area contributed by atoms with Crippen molar-refractivity contribution in [1.29, 1.82) is 0 Å². The Labute approximate surface area is 130 Å². The highest BCUT2D eigenvalue weighted by molar-refractivity contribution is 7.89. The molecule has 8 heteroatoms. The van der Waals surface area contributed by atoms with Gasteiger partial charge in [-0.05, 0) is 12.5 Å². The van der Waals surface area contributed by atoms with Gasteiger partial charge in [0.1, 0.15) is 0 Å². The maximum Gasteiger partial charge on any atom is 0.240 e. The van der Waals surface area contributed by atoms with Gasteiger partial charge in [0.25, 0.3) is 0 Å². The second-order valence-electron chi connectivity index (χ2n) is 5.10. The van der Waals surface area contributed by atoms with Crippen LogP contribution in [-0.4, -0.2) is 49.3 Å². The molecule has 1 aromatic carbocycles. The van der Waals surface area contributed by atoms with Crippen LogP contribution in [0.3, 0.4) is 0 Å². The van der Waals surface area contributed by atoms with E-state index in [1.807, 2.05) is 31.2 Å². The third-order valence-electron chi connectivity index (χ3n) is 3.22. The van der Waals surface area contributed by atoms with E-state index in [0.717, 1.165) is 11.1 Å². The molecule has 0 aliphatic carbocycles. The Hall–Kier alpha value is -1.77. The zero-order valence-electron chi connectivity index (χ0n) is 12.9. The van der Waals surface area contributed by atoms with Gasteiger partial charge in [-0.2, -0.15) is 4.98 Å². The summed E-state index contributed by atoms with van der Waals surface area (Å²) in [6, 6.07) is 7.78. The first-order valence-electron chi connectivity index (χ1n) is 6.89. The van der Waals surface area contributed by atoms with E-state index >= 15 is 0 Å². The molecule has 1 heterocycles. The molecule has 0 bridgehead atoms. The summed E-state index contributed by atoms with van der Waals surface area (Å²) in [5, 5.41) is 6.94. The molecule has 0 saturated carbocycles. The van der Waals surface area contributed by atoms with Gasteiger partial charge < -0.3 is 9.84 Å². The maximum atomic E-state index is 11.6. The van der Waals surface area contributed by atoms with Crippen molar-refractivity contribution in [3.63, 3.8) is 0 Å². The van der Waals surface area contributed by atoms with Gasteiger partial charge in [-0.25, -0.2) is 12.7 Å². The van der Waals surface area contributed by atoms with E-state index in [2.05, 4.69) is 15.5 Å². The van der Waals surface area contributed by atoms with E-state index < -0.39 is 10.0 Å². The monoisotopic (exact) mass is 324 g/mol. The largest absolute Gasteiger partial charge is 0.338 e. The van der Waals surface area contributed by atoms with Crippen LogP contribution in [0.4, 0.5) is 0 Å². The molecular formula is C14H20N4O3S. The lowest BCUT2D eigenvalue weighted by Gasteiger charge is -2.10. The zero-order chi connectivity index (χ0) is 16.2. The summed E-state index contributed by atoms with van der Waals surface area (Å²) in [5.41, 5.74) is 1.99. The molecule has 1 N–H and O–H groups in total. The molecule has 0 unspecified atom stereocenters. The van der Waals surface area contributed by atoms with E-state index in [1.54, 1.807) is 0 Å². The van der Waals surface area contributed by atoms with E-state index in [4.69, 9.17) is 4.52 Å². The predicted octanol–water partition coefficient (Wildman–Crippen LogP) is 1.03. The Morgan fingerprint density at radius 1 is 1.27 bits per heavy atom. The van der Waals surface area contributed by atoms with Crippen molar-refractivity contribution < 1.29 is 12.9 Å². The SMILES string of the molecule is Cc1ccccc1-c1noc(CNCCS(=O)(=O)N(C)C)n1. The highest BCUT2D eigenvalue weighted by Crippen LogP contribution is 2.19. The fraction of sp³-hybridized carbons (Fsp3) is 0.429. The molecule has 0 atom stereocenters. The topological polar surface area (TPSA) is 88.3 Å². The summed E-state index contributed by atoms with van der Waals surface area (Å²) < 4.78 is 29.6. The van der Waals surface area contributed by atoms with E-state index in [-0.39, 0.29) is 5.75 Å². The van der Waals surface area contributed by atoms with E-state index in [1.165, 1.54) is 18.4 Å². The van der Waals surface area contributed by atoms with Crippen LogP contribution in [0.5, 0.6) is 0 Å². The molecule has 7 nitrogen and oxygen atoms in total. The number of sulfonamides is 1. The van der Waals surface area contributed by atoms with Crippen molar-refractivity contribution in [2.75, 3.05) is 26.4 Å². The Morgan fingerprint density at radius 3 is 2.68 bits per heavy atom. The van der Waals surface area contributed by atoms with E-state index in [9.17, 15) is 8.42 Å². The third-order valence-corrected chi connectivity index (χ3v) is 5.06. The number of rotatable bonds is 7. The molecule has 1 aromatic heterocycles. The van der Waals surface area contributed by atoms with Crippen LogP contribution in [0.15, 0.2) is 28.8 Å². The van der Waals surface area contributed by atoms with Gasteiger partial charge in [0.05, 0.1) is 12.3 Å². The van der Waals surface area contributed by atoms with Crippen LogP contribution >= 0.6 is 0 Å². The standard InChI is InChI=1S/C14H20N4O3S/c1-11-6-4-5-7-12(11)14-16-13(21-17-14)10-15-8-9-22(19,20)18(2)3/h4-7,15H,8-10H2,1-3H3. The first-order valence-corrected chi connectivity index (χ1v) is 8.50. The molecular weight excluding hydrogens is 304 g/mol. The Balaban J connectivity index is 1.90. The number of aromatic nitrogens is 2. The average Bonchev–Trinajstić information content (AvgIpc) is 2.92. The molecule has 2 aromatic rings. The quantitative estimate of drug-likeness (QED) is 0.765. The summed E-state index contributed by atoms with van der Waals surface area (Å²) in [7, 11) is -0.160. The van der Waals surface area contributed by atoms with E-state index in [0.29, 0.717) is 24.8 Å². The Kier molecular flexibility index (Phi) is 5.28. The molecule has 0 spiro atoms. The molecule has 0 radical (unpaired) electrons. The predicted molar refractivity (Wildman–Crippen MR) is 83.7 cm³/mol. The summed E-state index contributed by atoms with van der Waals surface area (Å²) in [5.74, 6) is 0.995. The van der Waals surface area contributed by atoms with Crippen LogP contribution in [0.2, 0.25) is 0 Å².